The molecule has 7 heteroatoms. The van der Waals surface area contributed by atoms with Crippen LogP contribution in [0.15, 0.2) is 24.3 Å². The Labute approximate surface area is 145 Å². The van der Waals surface area contributed by atoms with E-state index in [9.17, 15) is 19.2 Å². The fourth-order valence-corrected chi connectivity index (χ4v) is 3.34. The second-order valence-electron chi connectivity index (χ2n) is 6.24. The molecule has 0 radical (unpaired) electrons. The Bertz CT molecular complexity index is 687. The van der Waals surface area contributed by atoms with Gasteiger partial charge in [0.1, 0.15) is 0 Å². The van der Waals surface area contributed by atoms with Crippen LogP contribution in [-0.4, -0.2) is 60.2 Å². The Morgan fingerprint density at radius 1 is 1.08 bits per heavy atom. The number of piperidine rings is 1. The highest BCUT2D eigenvalue weighted by Gasteiger charge is 2.35. The van der Waals surface area contributed by atoms with Crippen molar-refractivity contribution in [3.63, 3.8) is 0 Å². The van der Waals surface area contributed by atoms with Gasteiger partial charge in [-0.1, -0.05) is 12.1 Å². The molecule has 2 heterocycles. The summed E-state index contributed by atoms with van der Waals surface area (Å²) < 4.78 is 4.73. The first-order chi connectivity index (χ1) is 12.0. The third kappa shape index (κ3) is 3.26. The van der Waals surface area contributed by atoms with Crippen LogP contribution in [0.25, 0.3) is 0 Å². The third-order valence-electron chi connectivity index (χ3n) is 4.81. The lowest BCUT2D eigenvalue weighted by Gasteiger charge is -2.31. The van der Waals surface area contributed by atoms with Gasteiger partial charge in [-0.3, -0.25) is 24.1 Å². The summed E-state index contributed by atoms with van der Waals surface area (Å²) >= 11 is 0. The standard InChI is InChI=1S/C18H20N2O5/c1-25-18(24)12-6-9-19(10-7-12)15(21)8-11-20-16(22)13-4-2-3-5-14(13)17(20)23/h2-5,12H,6-11H2,1H3. The maximum absolute atomic E-state index is 12.3. The molecule has 1 aromatic carbocycles. The van der Waals surface area contributed by atoms with Crippen LogP contribution >= 0.6 is 0 Å². The number of hydrogen-bond donors (Lipinski definition) is 0. The molecule has 0 saturated carbocycles. The molecule has 7 nitrogen and oxygen atoms in total. The number of nitrogens with zero attached hydrogens (tertiary/aromatic N) is 2. The van der Waals surface area contributed by atoms with Crippen LogP contribution in [0.1, 0.15) is 40.0 Å². The molecule has 0 spiro atoms. The van der Waals surface area contributed by atoms with Gasteiger partial charge in [0.2, 0.25) is 5.91 Å². The van der Waals surface area contributed by atoms with Crippen molar-refractivity contribution in [2.75, 3.05) is 26.7 Å². The topological polar surface area (TPSA) is 84.0 Å². The normalized spacial score (nSPS) is 17.6. The molecule has 1 saturated heterocycles. The first kappa shape index (κ1) is 17.1. The number of methoxy groups -OCH3 is 1. The average Bonchev–Trinajstić information content (AvgIpc) is 2.90. The van der Waals surface area contributed by atoms with Crippen LogP contribution < -0.4 is 0 Å². The van der Waals surface area contributed by atoms with E-state index in [-0.39, 0.29) is 42.6 Å². The minimum Gasteiger partial charge on any atom is -0.469 e. The third-order valence-corrected chi connectivity index (χ3v) is 4.81. The number of benzene rings is 1. The lowest BCUT2D eigenvalue weighted by Crippen LogP contribution is -2.42. The van der Waals surface area contributed by atoms with Gasteiger partial charge in [0.05, 0.1) is 24.2 Å². The molecule has 0 atom stereocenters. The number of ether oxygens (including phenoxy) is 1. The van der Waals surface area contributed by atoms with E-state index in [1.807, 2.05) is 0 Å². The summed E-state index contributed by atoms with van der Waals surface area (Å²) in [6.45, 7) is 1.05. The van der Waals surface area contributed by atoms with Gasteiger partial charge in [0, 0.05) is 26.1 Å². The Kier molecular flexibility index (Phi) is 4.83. The van der Waals surface area contributed by atoms with Crippen molar-refractivity contribution < 1.29 is 23.9 Å². The fourth-order valence-electron chi connectivity index (χ4n) is 3.34. The van der Waals surface area contributed by atoms with Crippen LogP contribution in [0.5, 0.6) is 0 Å². The van der Waals surface area contributed by atoms with Gasteiger partial charge >= 0.3 is 5.97 Å². The molecule has 2 aliphatic heterocycles. The van der Waals surface area contributed by atoms with Crippen molar-refractivity contribution in [2.45, 2.75) is 19.3 Å². The Morgan fingerprint density at radius 2 is 1.64 bits per heavy atom. The Hall–Kier alpha value is -2.70. The molecule has 0 unspecified atom stereocenters. The Balaban J connectivity index is 1.53. The monoisotopic (exact) mass is 344 g/mol. The highest BCUT2D eigenvalue weighted by atomic mass is 16.5. The largest absolute Gasteiger partial charge is 0.469 e. The van der Waals surface area contributed by atoms with Crippen LogP contribution in [0.4, 0.5) is 0 Å². The van der Waals surface area contributed by atoms with Crippen molar-refractivity contribution in [3.05, 3.63) is 35.4 Å². The highest BCUT2D eigenvalue weighted by Crippen LogP contribution is 2.23. The number of rotatable bonds is 4. The van der Waals surface area contributed by atoms with E-state index >= 15 is 0 Å². The summed E-state index contributed by atoms with van der Waals surface area (Å²) in [5.74, 6) is -1.21. The van der Waals surface area contributed by atoms with Gasteiger partial charge in [-0.05, 0) is 25.0 Å². The summed E-state index contributed by atoms with van der Waals surface area (Å²) in [5, 5.41) is 0. The molecule has 2 aliphatic rings. The van der Waals surface area contributed by atoms with Gasteiger partial charge < -0.3 is 9.64 Å². The zero-order chi connectivity index (χ0) is 18.0. The van der Waals surface area contributed by atoms with Gasteiger partial charge in [0.25, 0.3) is 11.8 Å². The predicted molar refractivity (Wildman–Crippen MR) is 87.7 cm³/mol. The van der Waals surface area contributed by atoms with E-state index in [0.717, 1.165) is 4.90 Å². The molecule has 3 rings (SSSR count). The van der Waals surface area contributed by atoms with Gasteiger partial charge in [-0.2, -0.15) is 0 Å². The van der Waals surface area contributed by atoms with Crippen LogP contribution in [0.3, 0.4) is 0 Å². The molecule has 0 aliphatic carbocycles. The second kappa shape index (κ2) is 7.04. The van der Waals surface area contributed by atoms with E-state index in [1.54, 1.807) is 29.2 Å². The lowest BCUT2D eigenvalue weighted by atomic mass is 9.97. The summed E-state index contributed by atoms with van der Waals surface area (Å²) in [4.78, 5) is 51.2. The highest BCUT2D eigenvalue weighted by molar-refractivity contribution is 6.21. The van der Waals surface area contributed by atoms with Crippen molar-refractivity contribution >= 4 is 23.7 Å². The van der Waals surface area contributed by atoms with E-state index in [4.69, 9.17) is 4.74 Å². The molecule has 1 aromatic rings. The van der Waals surface area contributed by atoms with Crippen molar-refractivity contribution in [1.29, 1.82) is 0 Å². The van der Waals surface area contributed by atoms with Crippen molar-refractivity contribution in [3.8, 4) is 0 Å². The number of esters is 1. The summed E-state index contributed by atoms with van der Waals surface area (Å²) in [7, 11) is 1.36. The molecule has 0 bridgehead atoms. The number of likely N-dealkylation sites (tertiary alicyclic amines) is 1. The minimum absolute atomic E-state index is 0.0715. The number of carbonyl (C=O) groups is 4. The van der Waals surface area contributed by atoms with Crippen LogP contribution in [0, 0.1) is 5.92 Å². The zero-order valence-electron chi connectivity index (χ0n) is 14.1. The lowest BCUT2D eigenvalue weighted by molar-refractivity contribution is -0.148. The summed E-state index contributed by atoms with van der Waals surface area (Å²) in [5.41, 5.74) is 0.776. The molecule has 25 heavy (non-hydrogen) atoms. The fraction of sp³-hybridized carbons (Fsp3) is 0.444. The minimum atomic E-state index is -0.349. The molecule has 132 valence electrons. The number of carbonyl (C=O) groups excluding carboxylic acids is 4. The summed E-state index contributed by atoms with van der Waals surface area (Å²) in [6, 6.07) is 6.66. The molecule has 0 aromatic heterocycles. The maximum Gasteiger partial charge on any atom is 0.308 e. The van der Waals surface area contributed by atoms with Gasteiger partial charge in [-0.25, -0.2) is 0 Å². The number of hydrogen-bond acceptors (Lipinski definition) is 5. The van der Waals surface area contributed by atoms with E-state index < -0.39 is 0 Å². The predicted octanol–water partition coefficient (Wildman–Crippen LogP) is 1.08. The zero-order valence-corrected chi connectivity index (χ0v) is 14.1. The molecular formula is C18H20N2O5. The first-order valence-electron chi connectivity index (χ1n) is 8.33. The molecule has 1 fully saturated rings. The van der Waals surface area contributed by atoms with Crippen molar-refractivity contribution in [1.82, 2.24) is 9.80 Å². The SMILES string of the molecule is COC(=O)C1CCN(C(=O)CCN2C(=O)c3ccccc3C2=O)CC1. The molecule has 3 amide bonds. The first-order valence-corrected chi connectivity index (χ1v) is 8.33. The molecular weight excluding hydrogens is 324 g/mol. The summed E-state index contributed by atoms with van der Waals surface area (Å²) in [6.07, 6.45) is 1.24. The van der Waals surface area contributed by atoms with Gasteiger partial charge in [-0.15, -0.1) is 0 Å². The van der Waals surface area contributed by atoms with Crippen LogP contribution in [-0.2, 0) is 14.3 Å². The average molecular weight is 344 g/mol. The van der Waals surface area contributed by atoms with E-state index in [0.29, 0.717) is 37.1 Å². The second-order valence-corrected chi connectivity index (χ2v) is 6.24. The van der Waals surface area contributed by atoms with E-state index in [2.05, 4.69) is 0 Å². The van der Waals surface area contributed by atoms with E-state index in [1.165, 1.54) is 7.11 Å². The van der Waals surface area contributed by atoms with Crippen LogP contribution in [0.2, 0.25) is 0 Å². The number of fused-ring (bicyclic) bond motifs is 1. The maximum atomic E-state index is 12.3. The van der Waals surface area contributed by atoms with Crippen molar-refractivity contribution in [2.24, 2.45) is 5.92 Å². The smallest absolute Gasteiger partial charge is 0.308 e. The quantitative estimate of drug-likeness (QED) is 0.603. The molecule has 0 N–H and O–H groups in total. The Morgan fingerprint density at radius 3 is 2.16 bits per heavy atom. The number of imide groups is 1. The van der Waals surface area contributed by atoms with Gasteiger partial charge in [0.15, 0.2) is 0 Å². The number of amides is 3.